The molecule has 0 aliphatic rings. The minimum Gasteiger partial charge on any atom is -0.461 e. The predicted molar refractivity (Wildman–Crippen MR) is 106 cm³/mol. The first kappa shape index (κ1) is 22.9. The summed E-state index contributed by atoms with van der Waals surface area (Å²) in [5.41, 5.74) is 2.30. The average molecular weight is 379 g/mol. The van der Waals surface area contributed by atoms with Gasteiger partial charge in [-0.1, -0.05) is 13.8 Å². The van der Waals surface area contributed by atoms with Crippen LogP contribution in [0.2, 0.25) is 0 Å². The van der Waals surface area contributed by atoms with Crippen LogP contribution < -0.4 is 0 Å². The third-order valence-corrected chi connectivity index (χ3v) is 4.89. The van der Waals surface area contributed by atoms with Gasteiger partial charge in [0, 0.05) is 30.8 Å². The monoisotopic (exact) mass is 378 g/mol. The van der Waals surface area contributed by atoms with Crippen LogP contribution in [0, 0.1) is 19.8 Å². The average Bonchev–Trinajstić information content (AvgIpc) is 2.84. The molecule has 27 heavy (non-hydrogen) atoms. The molecule has 6 heteroatoms. The quantitative estimate of drug-likeness (QED) is 0.484. The zero-order valence-corrected chi connectivity index (χ0v) is 18.0. The molecule has 1 atom stereocenters. The number of amides is 1. The van der Waals surface area contributed by atoms with Crippen LogP contribution in [0.4, 0.5) is 0 Å². The number of hydrogen-bond donors (Lipinski definition) is 0. The molecule has 1 aromatic rings. The molecule has 1 amide bonds. The number of likely N-dealkylation sites (N-methyl/N-ethyl adjacent to an activating group) is 1. The second-order valence-corrected chi connectivity index (χ2v) is 7.22. The number of ketones is 1. The van der Waals surface area contributed by atoms with E-state index in [0.717, 1.165) is 5.69 Å². The van der Waals surface area contributed by atoms with Crippen molar-refractivity contribution in [2.24, 2.45) is 5.92 Å². The van der Waals surface area contributed by atoms with Crippen LogP contribution in [0.3, 0.4) is 0 Å². The Kier molecular flexibility index (Phi) is 8.25. The largest absolute Gasteiger partial charge is 0.461 e. The van der Waals surface area contributed by atoms with Gasteiger partial charge in [-0.3, -0.25) is 9.59 Å². The zero-order valence-electron chi connectivity index (χ0n) is 18.0. The van der Waals surface area contributed by atoms with Crippen molar-refractivity contribution in [2.45, 2.75) is 74.4 Å². The number of ether oxygens (including phenoxy) is 1. The molecular weight excluding hydrogens is 344 g/mol. The molecule has 0 radical (unpaired) electrons. The van der Waals surface area contributed by atoms with Gasteiger partial charge in [-0.15, -0.1) is 0 Å². The fourth-order valence-electron chi connectivity index (χ4n) is 3.60. The molecule has 152 valence electrons. The van der Waals surface area contributed by atoms with Gasteiger partial charge in [0.1, 0.15) is 5.69 Å². The second kappa shape index (κ2) is 9.72. The van der Waals surface area contributed by atoms with E-state index in [1.807, 2.05) is 39.2 Å². The Morgan fingerprint density at radius 2 is 1.67 bits per heavy atom. The highest BCUT2D eigenvalue weighted by molar-refractivity contribution is 6.06. The van der Waals surface area contributed by atoms with Crippen molar-refractivity contribution in [3.8, 4) is 0 Å². The van der Waals surface area contributed by atoms with Gasteiger partial charge >= 0.3 is 5.97 Å². The van der Waals surface area contributed by atoms with E-state index in [-0.39, 0.29) is 24.2 Å². The van der Waals surface area contributed by atoms with Crippen molar-refractivity contribution in [1.82, 2.24) is 9.47 Å². The minimum absolute atomic E-state index is 0.0239. The molecular formula is C21H34N2O4. The fraction of sp³-hybridized carbons (Fsp3) is 0.667. The van der Waals surface area contributed by atoms with Gasteiger partial charge in [-0.2, -0.15) is 0 Å². The highest BCUT2D eigenvalue weighted by Gasteiger charge is 2.32. The van der Waals surface area contributed by atoms with Crippen molar-refractivity contribution >= 4 is 17.7 Å². The summed E-state index contributed by atoms with van der Waals surface area (Å²) in [5, 5.41) is 0. The highest BCUT2D eigenvalue weighted by atomic mass is 16.5. The SMILES string of the molecule is CCOC(=O)c1c(C)c(C(=O)C(C)N(CC)C(=O)CC(C)C)c(C)n1CC. The molecule has 0 aliphatic heterocycles. The van der Waals surface area contributed by atoms with Gasteiger partial charge in [0.2, 0.25) is 5.91 Å². The van der Waals surface area contributed by atoms with Crippen molar-refractivity contribution in [1.29, 1.82) is 0 Å². The lowest BCUT2D eigenvalue weighted by atomic mass is 9.99. The summed E-state index contributed by atoms with van der Waals surface area (Å²) < 4.78 is 6.99. The molecule has 0 bridgehead atoms. The smallest absolute Gasteiger partial charge is 0.355 e. The van der Waals surface area contributed by atoms with Crippen LogP contribution in [0.1, 0.15) is 80.1 Å². The maximum atomic E-state index is 13.3. The fourth-order valence-corrected chi connectivity index (χ4v) is 3.60. The van der Waals surface area contributed by atoms with Crippen LogP contribution in [0.25, 0.3) is 0 Å². The van der Waals surface area contributed by atoms with Gasteiger partial charge in [-0.05, 0) is 53.0 Å². The first-order chi connectivity index (χ1) is 12.6. The minimum atomic E-state index is -0.582. The van der Waals surface area contributed by atoms with Crippen LogP contribution in [0.15, 0.2) is 0 Å². The van der Waals surface area contributed by atoms with Crippen molar-refractivity contribution in [3.63, 3.8) is 0 Å². The third-order valence-electron chi connectivity index (χ3n) is 4.89. The van der Waals surface area contributed by atoms with E-state index in [0.29, 0.717) is 36.3 Å². The standard InChI is InChI=1S/C21H34N2O4/c1-9-22(17(24)12-13(4)5)16(8)20(25)18-14(6)19(21(26)27-11-3)23(10-2)15(18)7/h13,16H,9-12H2,1-8H3. The maximum absolute atomic E-state index is 13.3. The topological polar surface area (TPSA) is 68.6 Å². The van der Waals surface area contributed by atoms with Gasteiger partial charge in [0.05, 0.1) is 12.6 Å². The van der Waals surface area contributed by atoms with E-state index in [1.165, 1.54) is 0 Å². The Labute approximate surface area is 162 Å². The van der Waals surface area contributed by atoms with Gasteiger partial charge in [0.25, 0.3) is 0 Å². The van der Waals surface area contributed by atoms with E-state index in [4.69, 9.17) is 4.74 Å². The van der Waals surface area contributed by atoms with E-state index < -0.39 is 12.0 Å². The summed E-state index contributed by atoms with van der Waals surface area (Å²) in [7, 11) is 0. The second-order valence-electron chi connectivity index (χ2n) is 7.22. The molecule has 0 saturated heterocycles. The number of aromatic nitrogens is 1. The summed E-state index contributed by atoms with van der Waals surface area (Å²) in [4.78, 5) is 39.9. The lowest BCUT2D eigenvalue weighted by Gasteiger charge is -2.28. The Balaban J connectivity index is 3.33. The Morgan fingerprint density at radius 1 is 1.07 bits per heavy atom. The first-order valence-corrected chi connectivity index (χ1v) is 9.82. The Morgan fingerprint density at radius 3 is 2.11 bits per heavy atom. The summed E-state index contributed by atoms with van der Waals surface area (Å²) in [5.74, 6) is -0.352. The lowest BCUT2D eigenvalue weighted by Crippen LogP contribution is -2.43. The molecule has 1 heterocycles. The number of Topliss-reactive ketones (excluding diaryl/α,β-unsaturated/α-hetero) is 1. The molecule has 0 N–H and O–H groups in total. The van der Waals surface area contributed by atoms with Crippen molar-refractivity contribution < 1.29 is 19.1 Å². The molecule has 0 aromatic carbocycles. The molecule has 0 fully saturated rings. The number of esters is 1. The van der Waals surface area contributed by atoms with Crippen LogP contribution in [-0.2, 0) is 16.1 Å². The molecule has 1 unspecified atom stereocenters. The molecule has 0 spiro atoms. The van der Waals surface area contributed by atoms with Gasteiger partial charge in [0.15, 0.2) is 5.78 Å². The third kappa shape index (κ3) is 4.79. The summed E-state index contributed by atoms with van der Waals surface area (Å²) in [6.07, 6.45) is 0.410. The summed E-state index contributed by atoms with van der Waals surface area (Å²) in [6.45, 7) is 16.2. The molecule has 0 saturated carbocycles. The number of carbonyl (C=O) groups is 3. The Hall–Kier alpha value is -2.11. The number of rotatable bonds is 9. The van der Waals surface area contributed by atoms with Crippen molar-refractivity contribution in [3.05, 3.63) is 22.5 Å². The predicted octanol–water partition coefficient (Wildman–Crippen LogP) is 3.77. The maximum Gasteiger partial charge on any atom is 0.355 e. The van der Waals surface area contributed by atoms with Crippen LogP contribution in [0.5, 0.6) is 0 Å². The molecule has 1 aromatic heterocycles. The normalized spacial score (nSPS) is 12.2. The van der Waals surface area contributed by atoms with Gasteiger partial charge in [-0.25, -0.2) is 4.79 Å². The molecule has 6 nitrogen and oxygen atoms in total. The van der Waals surface area contributed by atoms with E-state index in [9.17, 15) is 14.4 Å². The van der Waals surface area contributed by atoms with Crippen molar-refractivity contribution in [2.75, 3.05) is 13.2 Å². The zero-order chi connectivity index (χ0) is 20.9. The first-order valence-electron chi connectivity index (χ1n) is 9.82. The van der Waals surface area contributed by atoms with E-state index in [2.05, 4.69) is 0 Å². The summed E-state index contributed by atoms with van der Waals surface area (Å²) >= 11 is 0. The number of hydrogen-bond acceptors (Lipinski definition) is 4. The number of nitrogens with zero attached hydrogens (tertiary/aromatic N) is 2. The summed E-state index contributed by atoms with van der Waals surface area (Å²) in [6, 6.07) is -0.582. The van der Waals surface area contributed by atoms with Crippen LogP contribution >= 0.6 is 0 Å². The van der Waals surface area contributed by atoms with E-state index >= 15 is 0 Å². The lowest BCUT2D eigenvalue weighted by molar-refractivity contribution is -0.133. The number of carbonyl (C=O) groups excluding carboxylic acids is 3. The van der Waals surface area contributed by atoms with Crippen LogP contribution in [-0.4, -0.2) is 46.3 Å². The Bertz CT molecular complexity index is 704. The highest BCUT2D eigenvalue weighted by Crippen LogP contribution is 2.26. The van der Waals surface area contributed by atoms with Gasteiger partial charge < -0.3 is 14.2 Å². The molecule has 1 rings (SSSR count). The van der Waals surface area contributed by atoms with E-state index in [1.54, 1.807) is 25.7 Å². The molecule has 0 aliphatic carbocycles.